The van der Waals surface area contributed by atoms with E-state index in [-0.39, 0.29) is 37.0 Å². The van der Waals surface area contributed by atoms with Gasteiger partial charge in [0.2, 0.25) is 11.8 Å². The maximum Gasteiger partial charge on any atom is 0.243 e. The van der Waals surface area contributed by atoms with E-state index in [2.05, 4.69) is 5.32 Å². The van der Waals surface area contributed by atoms with Crippen LogP contribution < -0.4 is 5.32 Å². The number of carbonyl (C=O) groups excluding carboxylic acids is 3. The lowest BCUT2D eigenvalue weighted by Crippen LogP contribution is -2.35. The number of hydrogen-bond acceptors (Lipinski definition) is 3. The summed E-state index contributed by atoms with van der Waals surface area (Å²) in [5.74, 6) is -0.549. The molecule has 0 saturated carbocycles. The molecule has 0 aliphatic heterocycles. The minimum absolute atomic E-state index is 0.0512. The van der Waals surface area contributed by atoms with Gasteiger partial charge in [0.05, 0.1) is 6.54 Å². The SMILES string of the molecule is Cc1ccc(C(=O)CCC(=O)N(C)CC(=O)Nc2c(C)cccc2C)cc1C. The van der Waals surface area contributed by atoms with Crippen LogP contribution in [-0.2, 0) is 9.59 Å². The molecule has 0 aromatic heterocycles. The van der Waals surface area contributed by atoms with Crippen LogP contribution in [0.2, 0.25) is 0 Å². The fourth-order valence-electron chi connectivity index (χ4n) is 2.96. The van der Waals surface area contributed by atoms with Gasteiger partial charge >= 0.3 is 0 Å². The van der Waals surface area contributed by atoms with Crippen molar-refractivity contribution in [2.24, 2.45) is 0 Å². The van der Waals surface area contributed by atoms with Gasteiger partial charge < -0.3 is 10.2 Å². The van der Waals surface area contributed by atoms with E-state index in [0.29, 0.717) is 5.56 Å². The van der Waals surface area contributed by atoms with E-state index in [9.17, 15) is 14.4 Å². The van der Waals surface area contributed by atoms with Crippen molar-refractivity contribution in [2.45, 2.75) is 40.5 Å². The van der Waals surface area contributed by atoms with Crippen LogP contribution in [0.5, 0.6) is 0 Å². The van der Waals surface area contributed by atoms with Gasteiger partial charge in [-0.25, -0.2) is 0 Å². The standard InChI is InChI=1S/C23H28N2O3/c1-15-9-10-19(13-18(15)4)20(26)11-12-22(28)25(5)14-21(27)24-23-16(2)7-6-8-17(23)3/h6-10,13H,11-12,14H2,1-5H3,(H,24,27). The molecule has 2 amide bonds. The van der Waals surface area contributed by atoms with Crippen molar-refractivity contribution in [1.29, 1.82) is 0 Å². The van der Waals surface area contributed by atoms with Crippen LogP contribution in [0.25, 0.3) is 0 Å². The number of benzene rings is 2. The highest BCUT2D eigenvalue weighted by Crippen LogP contribution is 2.19. The maximum absolute atomic E-state index is 12.3. The van der Waals surface area contributed by atoms with Crippen LogP contribution in [-0.4, -0.2) is 36.1 Å². The summed E-state index contributed by atoms with van der Waals surface area (Å²) >= 11 is 0. The Morgan fingerprint density at radius 3 is 2.11 bits per heavy atom. The molecule has 0 spiro atoms. The van der Waals surface area contributed by atoms with Gasteiger partial charge in [-0.05, 0) is 56.0 Å². The molecule has 0 aliphatic carbocycles. The monoisotopic (exact) mass is 380 g/mol. The third-order valence-corrected chi connectivity index (χ3v) is 4.95. The molecule has 0 bridgehead atoms. The summed E-state index contributed by atoms with van der Waals surface area (Å²) in [5, 5.41) is 2.87. The van der Waals surface area contributed by atoms with Gasteiger partial charge in [-0.15, -0.1) is 0 Å². The van der Waals surface area contributed by atoms with Gasteiger partial charge in [0.1, 0.15) is 0 Å². The highest BCUT2D eigenvalue weighted by atomic mass is 16.2. The second-order valence-electron chi connectivity index (χ2n) is 7.29. The van der Waals surface area contributed by atoms with Gasteiger partial charge in [0, 0.05) is 31.1 Å². The van der Waals surface area contributed by atoms with Crippen molar-refractivity contribution in [1.82, 2.24) is 4.90 Å². The number of amides is 2. The number of aryl methyl sites for hydroxylation is 4. The summed E-state index contributed by atoms with van der Waals surface area (Å²) in [5.41, 5.74) is 5.52. The smallest absolute Gasteiger partial charge is 0.243 e. The number of carbonyl (C=O) groups is 3. The molecule has 5 nitrogen and oxygen atoms in total. The Balaban J connectivity index is 1.87. The molecule has 0 saturated heterocycles. The van der Waals surface area contributed by atoms with E-state index in [0.717, 1.165) is 27.9 Å². The molecule has 2 rings (SSSR count). The van der Waals surface area contributed by atoms with Crippen LogP contribution in [0.15, 0.2) is 36.4 Å². The normalized spacial score (nSPS) is 10.5. The van der Waals surface area contributed by atoms with Gasteiger partial charge in [-0.2, -0.15) is 0 Å². The quantitative estimate of drug-likeness (QED) is 0.739. The summed E-state index contributed by atoms with van der Waals surface area (Å²) in [4.78, 5) is 38.3. The Morgan fingerprint density at radius 1 is 0.857 bits per heavy atom. The Morgan fingerprint density at radius 2 is 1.50 bits per heavy atom. The number of hydrogen-bond donors (Lipinski definition) is 1. The lowest BCUT2D eigenvalue weighted by molar-refractivity contribution is -0.133. The molecule has 0 fully saturated rings. The predicted molar refractivity (Wildman–Crippen MR) is 112 cm³/mol. The van der Waals surface area contributed by atoms with Crippen LogP contribution in [0.4, 0.5) is 5.69 Å². The fraction of sp³-hybridized carbons (Fsp3) is 0.348. The lowest BCUT2D eigenvalue weighted by Gasteiger charge is -2.18. The largest absolute Gasteiger partial charge is 0.336 e. The molecule has 2 aromatic carbocycles. The molecule has 1 N–H and O–H groups in total. The number of nitrogens with zero attached hydrogens (tertiary/aromatic N) is 1. The first kappa shape index (κ1) is 21.4. The topological polar surface area (TPSA) is 66.5 Å². The van der Waals surface area contributed by atoms with E-state index < -0.39 is 0 Å². The third kappa shape index (κ3) is 5.52. The first-order chi connectivity index (χ1) is 13.2. The molecule has 2 aromatic rings. The lowest BCUT2D eigenvalue weighted by atomic mass is 10.0. The fourth-order valence-corrected chi connectivity index (χ4v) is 2.96. The summed E-state index contributed by atoms with van der Waals surface area (Å²) in [6.45, 7) is 7.75. The number of rotatable bonds is 7. The Bertz CT molecular complexity index is 882. The summed E-state index contributed by atoms with van der Waals surface area (Å²) < 4.78 is 0. The van der Waals surface area contributed by atoms with Crippen LogP contribution in [0.3, 0.4) is 0 Å². The first-order valence-electron chi connectivity index (χ1n) is 9.39. The number of Topliss-reactive ketones (excluding diaryl/α,β-unsaturated/α-hetero) is 1. The van der Waals surface area contributed by atoms with E-state index >= 15 is 0 Å². The predicted octanol–water partition coefficient (Wildman–Crippen LogP) is 3.98. The van der Waals surface area contributed by atoms with Crippen molar-refractivity contribution in [3.05, 3.63) is 64.2 Å². The van der Waals surface area contributed by atoms with Crippen LogP contribution in [0.1, 0.15) is 45.5 Å². The number of likely N-dealkylation sites (N-methyl/N-ethyl adjacent to an activating group) is 1. The zero-order valence-electron chi connectivity index (χ0n) is 17.3. The molecule has 5 heteroatoms. The summed E-state index contributed by atoms with van der Waals surface area (Å²) in [6.07, 6.45) is 0.211. The van der Waals surface area contributed by atoms with Gasteiger partial charge in [0.25, 0.3) is 0 Å². The number of anilines is 1. The second kappa shape index (κ2) is 9.31. The molecule has 0 atom stereocenters. The number of ketones is 1. The third-order valence-electron chi connectivity index (χ3n) is 4.95. The Labute approximate surface area is 166 Å². The van der Waals surface area contributed by atoms with Crippen molar-refractivity contribution < 1.29 is 14.4 Å². The average Bonchev–Trinajstić information content (AvgIpc) is 2.64. The Hall–Kier alpha value is -2.95. The van der Waals surface area contributed by atoms with E-state index in [1.165, 1.54) is 4.90 Å². The van der Waals surface area contributed by atoms with Gasteiger partial charge in [-0.1, -0.05) is 30.3 Å². The molecule has 0 unspecified atom stereocenters. The average molecular weight is 380 g/mol. The molecule has 148 valence electrons. The zero-order chi connectivity index (χ0) is 20.8. The zero-order valence-corrected chi connectivity index (χ0v) is 17.3. The molecular formula is C23H28N2O3. The van der Waals surface area contributed by atoms with E-state index in [1.807, 2.05) is 58.0 Å². The minimum Gasteiger partial charge on any atom is -0.336 e. The molecule has 0 aliphatic rings. The van der Waals surface area contributed by atoms with E-state index in [4.69, 9.17) is 0 Å². The van der Waals surface area contributed by atoms with Crippen molar-refractivity contribution in [3.63, 3.8) is 0 Å². The van der Waals surface area contributed by atoms with Crippen LogP contribution >= 0.6 is 0 Å². The molecule has 0 heterocycles. The van der Waals surface area contributed by atoms with Crippen molar-refractivity contribution in [2.75, 3.05) is 18.9 Å². The van der Waals surface area contributed by atoms with Gasteiger partial charge in [0.15, 0.2) is 5.78 Å². The van der Waals surface area contributed by atoms with Gasteiger partial charge in [-0.3, -0.25) is 14.4 Å². The van der Waals surface area contributed by atoms with Crippen molar-refractivity contribution in [3.8, 4) is 0 Å². The number of nitrogens with one attached hydrogen (secondary N) is 1. The molecule has 0 radical (unpaired) electrons. The Kier molecular flexibility index (Phi) is 7.10. The molecular weight excluding hydrogens is 352 g/mol. The summed E-state index contributed by atoms with van der Waals surface area (Å²) in [7, 11) is 1.58. The summed E-state index contributed by atoms with van der Waals surface area (Å²) in [6, 6.07) is 11.3. The first-order valence-corrected chi connectivity index (χ1v) is 9.39. The van der Waals surface area contributed by atoms with Crippen molar-refractivity contribution >= 4 is 23.3 Å². The second-order valence-corrected chi connectivity index (χ2v) is 7.29. The maximum atomic E-state index is 12.3. The highest BCUT2D eigenvalue weighted by Gasteiger charge is 2.16. The minimum atomic E-state index is -0.256. The molecule has 28 heavy (non-hydrogen) atoms. The highest BCUT2D eigenvalue weighted by molar-refractivity contribution is 5.99. The van der Waals surface area contributed by atoms with E-state index in [1.54, 1.807) is 13.1 Å². The van der Waals surface area contributed by atoms with Crippen LogP contribution in [0, 0.1) is 27.7 Å². The number of para-hydroxylation sites is 1.